The van der Waals surface area contributed by atoms with E-state index in [1.807, 2.05) is 6.92 Å². The van der Waals surface area contributed by atoms with Gasteiger partial charge in [-0.2, -0.15) is 0 Å². The quantitative estimate of drug-likeness (QED) is 0.585. The van der Waals surface area contributed by atoms with Gasteiger partial charge < -0.3 is 5.32 Å². The Labute approximate surface area is 69.4 Å². The van der Waals surface area contributed by atoms with Crippen molar-refractivity contribution >= 4 is 5.91 Å². The number of carbonyl (C=O) groups is 1. The molecule has 0 aromatic rings. The summed E-state index contributed by atoms with van der Waals surface area (Å²) < 4.78 is 0. The summed E-state index contributed by atoms with van der Waals surface area (Å²) in [4.78, 5) is 10.8. The standard InChI is InChI=1S/C9H18NO/c1-3-5-6-7-8-9(11)10-4-2/h8H,3-7H2,1-2H3,(H,10,11). The van der Waals surface area contributed by atoms with Gasteiger partial charge in [0, 0.05) is 13.0 Å². The van der Waals surface area contributed by atoms with Crippen LogP contribution >= 0.6 is 0 Å². The molecule has 0 rings (SSSR count). The third-order valence-corrected chi connectivity index (χ3v) is 1.49. The summed E-state index contributed by atoms with van der Waals surface area (Å²) in [6.45, 7) is 4.81. The fourth-order valence-electron chi connectivity index (χ4n) is 0.874. The number of rotatable bonds is 6. The van der Waals surface area contributed by atoms with Crippen LogP contribution in [0.5, 0.6) is 0 Å². The molecule has 65 valence electrons. The average molecular weight is 156 g/mol. The van der Waals surface area contributed by atoms with E-state index in [1.54, 1.807) is 6.42 Å². The molecule has 0 saturated heterocycles. The number of amides is 1. The fraction of sp³-hybridized carbons (Fsp3) is 0.778. The number of unbranched alkanes of at least 4 members (excludes halogenated alkanes) is 3. The highest BCUT2D eigenvalue weighted by Gasteiger charge is 1.97. The van der Waals surface area contributed by atoms with Gasteiger partial charge in [0.1, 0.15) is 0 Å². The zero-order valence-electron chi connectivity index (χ0n) is 7.52. The Bertz CT molecular complexity index is 102. The first-order chi connectivity index (χ1) is 5.31. The molecule has 0 fully saturated rings. The van der Waals surface area contributed by atoms with Crippen molar-refractivity contribution in [2.75, 3.05) is 6.54 Å². The maximum atomic E-state index is 10.8. The molecule has 11 heavy (non-hydrogen) atoms. The van der Waals surface area contributed by atoms with Crippen molar-refractivity contribution in [3.8, 4) is 0 Å². The highest BCUT2D eigenvalue weighted by atomic mass is 16.1. The van der Waals surface area contributed by atoms with E-state index >= 15 is 0 Å². The molecule has 0 saturated carbocycles. The van der Waals surface area contributed by atoms with Crippen LogP contribution in [0.15, 0.2) is 0 Å². The van der Waals surface area contributed by atoms with Crippen LogP contribution in [0.4, 0.5) is 0 Å². The number of nitrogens with one attached hydrogen (secondary N) is 1. The largest absolute Gasteiger partial charge is 0.356 e. The van der Waals surface area contributed by atoms with Gasteiger partial charge >= 0.3 is 0 Å². The summed E-state index contributed by atoms with van der Waals surface area (Å²) in [5, 5.41) is 2.73. The van der Waals surface area contributed by atoms with Gasteiger partial charge in [-0.3, -0.25) is 4.79 Å². The van der Waals surface area contributed by atoms with Crippen LogP contribution in [-0.4, -0.2) is 12.5 Å². The van der Waals surface area contributed by atoms with E-state index in [2.05, 4.69) is 12.2 Å². The van der Waals surface area contributed by atoms with Crippen LogP contribution in [0.25, 0.3) is 0 Å². The SMILES string of the molecule is CCCCC[CH]C(=O)NCC. The van der Waals surface area contributed by atoms with E-state index in [9.17, 15) is 4.79 Å². The predicted molar refractivity (Wildman–Crippen MR) is 47.1 cm³/mol. The van der Waals surface area contributed by atoms with Gasteiger partial charge in [0.15, 0.2) is 0 Å². The van der Waals surface area contributed by atoms with E-state index in [-0.39, 0.29) is 5.91 Å². The molecule has 1 radical (unpaired) electrons. The molecule has 1 N–H and O–H groups in total. The Balaban J connectivity index is 3.04. The molecular formula is C9H18NO. The maximum Gasteiger partial charge on any atom is 0.223 e. The molecule has 0 aromatic carbocycles. The third-order valence-electron chi connectivity index (χ3n) is 1.49. The molecule has 0 aliphatic carbocycles. The number of hydrogen-bond donors (Lipinski definition) is 1. The molecule has 1 amide bonds. The van der Waals surface area contributed by atoms with Crippen LogP contribution in [-0.2, 0) is 4.79 Å². The summed E-state index contributed by atoms with van der Waals surface area (Å²) in [5.74, 6) is 0.0728. The minimum atomic E-state index is 0.0728. The van der Waals surface area contributed by atoms with E-state index in [0.29, 0.717) is 0 Å². The van der Waals surface area contributed by atoms with Crippen molar-refractivity contribution in [2.45, 2.75) is 39.5 Å². The van der Waals surface area contributed by atoms with Crippen molar-refractivity contribution in [3.63, 3.8) is 0 Å². The smallest absolute Gasteiger partial charge is 0.223 e. The van der Waals surface area contributed by atoms with Crippen LogP contribution in [0.3, 0.4) is 0 Å². The van der Waals surface area contributed by atoms with Gasteiger partial charge in [-0.05, 0) is 13.3 Å². The Kier molecular flexibility index (Phi) is 7.21. The van der Waals surface area contributed by atoms with Gasteiger partial charge in [0.25, 0.3) is 0 Å². The molecule has 2 nitrogen and oxygen atoms in total. The van der Waals surface area contributed by atoms with Gasteiger partial charge in [-0.15, -0.1) is 0 Å². The lowest BCUT2D eigenvalue weighted by Crippen LogP contribution is -2.22. The molecule has 0 unspecified atom stereocenters. The van der Waals surface area contributed by atoms with E-state index in [4.69, 9.17) is 0 Å². The lowest BCUT2D eigenvalue weighted by Gasteiger charge is -1.99. The Hall–Kier alpha value is -0.530. The molecule has 0 aliphatic heterocycles. The van der Waals surface area contributed by atoms with Crippen LogP contribution < -0.4 is 5.32 Å². The highest BCUT2D eigenvalue weighted by Crippen LogP contribution is 2.00. The van der Waals surface area contributed by atoms with Crippen molar-refractivity contribution in [3.05, 3.63) is 6.42 Å². The second-order valence-electron chi connectivity index (χ2n) is 2.59. The second-order valence-corrected chi connectivity index (χ2v) is 2.59. The third kappa shape index (κ3) is 7.37. The summed E-state index contributed by atoms with van der Waals surface area (Å²) in [5.41, 5.74) is 0. The molecule has 0 bridgehead atoms. The summed E-state index contributed by atoms with van der Waals surface area (Å²) in [7, 11) is 0. The first-order valence-electron chi connectivity index (χ1n) is 4.42. The first kappa shape index (κ1) is 10.5. The van der Waals surface area contributed by atoms with E-state index in [0.717, 1.165) is 19.4 Å². The van der Waals surface area contributed by atoms with Crippen LogP contribution in [0.2, 0.25) is 0 Å². The normalized spacial score (nSPS) is 9.64. The maximum absolute atomic E-state index is 10.8. The molecule has 2 heteroatoms. The van der Waals surface area contributed by atoms with Gasteiger partial charge in [-0.1, -0.05) is 26.2 Å². The van der Waals surface area contributed by atoms with Gasteiger partial charge in [0.05, 0.1) is 0 Å². The average Bonchev–Trinajstić information content (AvgIpc) is 1.99. The highest BCUT2D eigenvalue weighted by molar-refractivity contribution is 5.84. The predicted octanol–water partition coefficient (Wildman–Crippen LogP) is 1.91. The monoisotopic (exact) mass is 156 g/mol. The Morgan fingerprint density at radius 2 is 2.09 bits per heavy atom. The number of carbonyl (C=O) groups excluding carboxylic acids is 1. The minimum absolute atomic E-state index is 0.0728. The van der Waals surface area contributed by atoms with Gasteiger partial charge in [0.2, 0.25) is 5.91 Å². The van der Waals surface area contributed by atoms with Crippen molar-refractivity contribution in [1.82, 2.24) is 5.32 Å². The lowest BCUT2D eigenvalue weighted by molar-refractivity contribution is -0.117. The van der Waals surface area contributed by atoms with Crippen molar-refractivity contribution in [1.29, 1.82) is 0 Å². The zero-order valence-corrected chi connectivity index (χ0v) is 7.52. The number of hydrogen-bond acceptors (Lipinski definition) is 1. The molecular weight excluding hydrogens is 138 g/mol. The minimum Gasteiger partial charge on any atom is -0.356 e. The Morgan fingerprint density at radius 1 is 1.36 bits per heavy atom. The van der Waals surface area contributed by atoms with E-state index in [1.165, 1.54) is 12.8 Å². The molecule has 0 aliphatic rings. The topological polar surface area (TPSA) is 29.1 Å². The van der Waals surface area contributed by atoms with Crippen LogP contribution in [0, 0.1) is 6.42 Å². The van der Waals surface area contributed by atoms with Crippen molar-refractivity contribution < 1.29 is 4.79 Å². The summed E-state index contributed by atoms with van der Waals surface area (Å²) >= 11 is 0. The summed E-state index contributed by atoms with van der Waals surface area (Å²) in [6, 6.07) is 0. The van der Waals surface area contributed by atoms with Crippen molar-refractivity contribution in [2.24, 2.45) is 0 Å². The molecule has 0 heterocycles. The van der Waals surface area contributed by atoms with E-state index < -0.39 is 0 Å². The molecule has 0 spiro atoms. The van der Waals surface area contributed by atoms with Gasteiger partial charge in [-0.25, -0.2) is 0 Å². The first-order valence-corrected chi connectivity index (χ1v) is 4.42. The van der Waals surface area contributed by atoms with Crippen LogP contribution in [0.1, 0.15) is 39.5 Å². The fourth-order valence-corrected chi connectivity index (χ4v) is 0.874. The zero-order chi connectivity index (χ0) is 8.53. The Morgan fingerprint density at radius 3 is 2.64 bits per heavy atom. The summed E-state index contributed by atoms with van der Waals surface area (Å²) in [6.07, 6.45) is 6.21. The lowest BCUT2D eigenvalue weighted by atomic mass is 10.1. The second kappa shape index (κ2) is 7.58. The molecule has 0 aromatic heterocycles. The molecule has 0 atom stereocenters.